The molecule has 0 saturated heterocycles. The number of carbonyl (C=O) groups excluding carboxylic acids is 1. The van der Waals surface area contributed by atoms with Gasteiger partial charge in [0.25, 0.3) is 5.91 Å². The maximum Gasteiger partial charge on any atom is 0.253 e. The van der Waals surface area contributed by atoms with Crippen LogP contribution in [-0.4, -0.2) is 16.9 Å². The average molecular weight is 281 g/mol. The topological polar surface area (TPSA) is 42.0 Å². The average Bonchev–Trinajstić information content (AvgIpc) is 2.82. The highest BCUT2D eigenvalue weighted by Crippen LogP contribution is 2.14. The number of halogens is 1. The van der Waals surface area contributed by atoms with E-state index in [-0.39, 0.29) is 11.9 Å². The van der Waals surface area contributed by atoms with Crippen molar-refractivity contribution in [3.8, 4) is 0 Å². The first kappa shape index (κ1) is 13.1. The first-order chi connectivity index (χ1) is 8.66. The number of aromatic nitrogens is 1. The largest absolute Gasteiger partial charge is 0.349 e. The van der Waals surface area contributed by atoms with Crippen LogP contribution in [0.4, 0.5) is 0 Å². The SMILES string of the molecule is CC(Cc1ccsc1)NC(=O)c1ccncc1Cl. The Kier molecular flexibility index (Phi) is 4.33. The summed E-state index contributed by atoms with van der Waals surface area (Å²) in [7, 11) is 0. The van der Waals surface area contributed by atoms with Crippen molar-refractivity contribution in [2.45, 2.75) is 19.4 Å². The molecule has 0 aliphatic carbocycles. The van der Waals surface area contributed by atoms with E-state index in [9.17, 15) is 4.79 Å². The van der Waals surface area contributed by atoms with E-state index < -0.39 is 0 Å². The standard InChI is InChI=1S/C13H13ClN2OS/c1-9(6-10-3-5-18-8-10)16-13(17)11-2-4-15-7-12(11)14/h2-5,7-9H,6H2,1H3,(H,16,17). The van der Waals surface area contributed by atoms with E-state index in [1.54, 1.807) is 23.6 Å². The quantitative estimate of drug-likeness (QED) is 0.935. The van der Waals surface area contributed by atoms with Crippen LogP contribution in [-0.2, 0) is 6.42 Å². The molecule has 18 heavy (non-hydrogen) atoms. The minimum Gasteiger partial charge on any atom is -0.349 e. The molecule has 2 aromatic rings. The highest BCUT2D eigenvalue weighted by molar-refractivity contribution is 7.07. The zero-order valence-electron chi connectivity index (χ0n) is 9.89. The zero-order valence-corrected chi connectivity index (χ0v) is 11.5. The highest BCUT2D eigenvalue weighted by atomic mass is 35.5. The van der Waals surface area contributed by atoms with E-state index in [1.807, 2.05) is 12.3 Å². The molecule has 2 aromatic heterocycles. The van der Waals surface area contributed by atoms with Gasteiger partial charge in [0.1, 0.15) is 0 Å². The molecule has 0 aliphatic rings. The lowest BCUT2D eigenvalue weighted by molar-refractivity contribution is 0.0940. The number of carbonyl (C=O) groups is 1. The van der Waals surface area contributed by atoms with Gasteiger partial charge in [0.05, 0.1) is 10.6 Å². The molecule has 0 aliphatic heterocycles. The number of nitrogens with zero attached hydrogens (tertiary/aromatic N) is 1. The molecule has 1 unspecified atom stereocenters. The third-order valence-corrected chi connectivity index (χ3v) is 3.55. The van der Waals surface area contributed by atoms with Gasteiger partial charge in [0.15, 0.2) is 0 Å². The maximum absolute atomic E-state index is 12.0. The molecule has 0 bridgehead atoms. The van der Waals surface area contributed by atoms with Gasteiger partial charge in [0.2, 0.25) is 0 Å². The van der Waals surface area contributed by atoms with E-state index in [0.29, 0.717) is 10.6 Å². The summed E-state index contributed by atoms with van der Waals surface area (Å²) in [6, 6.07) is 3.75. The fourth-order valence-electron chi connectivity index (χ4n) is 1.67. The molecule has 1 atom stereocenters. The van der Waals surface area contributed by atoms with Gasteiger partial charge >= 0.3 is 0 Å². The molecular weight excluding hydrogens is 268 g/mol. The van der Waals surface area contributed by atoms with Gasteiger partial charge in [0, 0.05) is 18.4 Å². The van der Waals surface area contributed by atoms with Crippen molar-refractivity contribution in [3.05, 3.63) is 51.4 Å². The number of rotatable bonds is 4. The predicted molar refractivity (Wildman–Crippen MR) is 74.2 cm³/mol. The van der Waals surface area contributed by atoms with Crippen LogP contribution in [0, 0.1) is 0 Å². The maximum atomic E-state index is 12.0. The van der Waals surface area contributed by atoms with Crippen LogP contribution in [0.2, 0.25) is 5.02 Å². The Balaban J connectivity index is 1.97. The lowest BCUT2D eigenvalue weighted by atomic mass is 10.1. The Morgan fingerprint density at radius 2 is 2.39 bits per heavy atom. The summed E-state index contributed by atoms with van der Waals surface area (Å²) in [4.78, 5) is 15.8. The summed E-state index contributed by atoms with van der Waals surface area (Å²) in [6.45, 7) is 1.98. The molecule has 3 nitrogen and oxygen atoms in total. The lowest BCUT2D eigenvalue weighted by Crippen LogP contribution is -2.34. The van der Waals surface area contributed by atoms with E-state index in [2.05, 4.69) is 21.7 Å². The monoisotopic (exact) mass is 280 g/mol. The van der Waals surface area contributed by atoms with Gasteiger partial charge in [-0.2, -0.15) is 11.3 Å². The molecule has 0 aromatic carbocycles. The first-order valence-corrected chi connectivity index (χ1v) is 6.90. The second-order valence-electron chi connectivity index (χ2n) is 4.07. The number of hydrogen-bond donors (Lipinski definition) is 1. The second kappa shape index (κ2) is 5.98. The van der Waals surface area contributed by atoms with Gasteiger partial charge in [-0.3, -0.25) is 9.78 Å². The van der Waals surface area contributed by atoms with E-state index in [4.69, 9.17) is 11.6 Å². The third-order valence-electron chi connectivity index (χ3n) is 2.52. The van der Waals surface area contributed by atoms with Gasteiger partial charge in [-0.1, -0.05) is 11.6 Å². The first-order valence-electron chi connectivity index (χ1n) is 5.58. The number of pyridine rings is 1. The van der Waals surface area contributed by atoms with E-state index in [1.165, 1.54) is 11.8 Å². The van der Waals surface area contributed by atoms with Gasteiger partial charge in [-0.25, -0.2) is 0 Å². The van der Waals surface area contributed by atoms with Crippen LogP contribution in [0.15, 0.2) is 35.3 Å². The summed E-state index contributed by atoms with van der Waals surface area (Å²) in [5.74, 6) is -0.162. The number of nitrogens with one attached hydrogen (secondary N) is 1. The summed E-state index contributed by atoms with van der Waals surface area (Å²) in [6.07, 6.45) is 3.85. The molecule has 0 radical (unpaired) electrons. The molecule has 2 rings (SSSR count). The summed E-state index contributed by atoms with van der Waals surface area (Å²) >= 11 is 7.58. The van der Waals surface area contributed by atoms with Crippen molar-refractivity contribution in [2.24, 2.45) is 0 Å². The van der Waals surface area contributed by atoms with Crippen LogP contribution >= 0.6 is 22.9 Å². The molecule has 1 N–H and O–H groups in total. The number of thiophene rings is 1. The van der Waals surface area contributed by atoms with Crippen molar-refractivity contribution < 1.29 is 4.79 Å². The molecule has 1 amide bonds. The third kappa shape index (κ3) is 3.31. The van der Waals surface area contributed by atoms with Crippen LogP contribution in [0.1, 0.15) is 22.8 Å². The van der Waals surface area contributed by atoms with Crippen molar-refractivity contribution in [3.63, 3.8) is 0 Å². The summed E-state index contributed by atoms with van der Waals surface area (Å²) < 4.78 is 0. The second-order valence-corrected chi connectivity index (χ2v) is 5.25. The zero-order chi connectivity index (χ0) is 13.0. The van der Waals surface area contributed by atoms with Crippen molar-refractivity contribution in [1.29, 1.82) is 0 Å². The van der Waals surface area contributed by atoms with Crippen LogP contribution in [0.5, 0.6) is 0 Å². The Hall–Kier alpha value is -1.39. The van der Waals surface area contributed by atoms with E-state index >= 15 is 0 Å². The van der Waals surface area contributed by atoms with Crippen LogP contribution in [0.25, 0.3) is 0 Å². The molecule has 2 heterocycles. The van der Waals surface area contributed by atoms with E-state index in [0.717, 1.165) is 6.42 Å². The fourth-order valence-corrected chi connectivity index (χ4v) is 2.56. The molecule has 5 heteroatoms. The fraction of sp³-hybridized carbons (Fsp3) is 0.231. The van der Waals surface area contributed by atoms with Gasteiger partial charge in [-0.15, -0.1) is 0 Å². The molecule has 0 spiro atoms. The molecule has 0 saturated carbocycles. The summed E-state index contributed by atoms with van der Waals surface area (Å²) in [5, 5.41) is 7.42. The molecule has 94 valence electrons. The summed E-state index contributed by atoms with van der Waals surface area (Å²) in [5.41, 5.74) is 1.69. The molecular formula is C13H13ClN2OS. The van der Waals surface area contributed by atoms with Gasteiger partial charge in [-0.05, 0) is 41.8 Å². The van der Waals surface area contributed by atoms with Crippen molar-refractivity contribution >= 4 is 28.8 Å². The van der Waals surface area contributed by atoms with Crippen molar-refractivity contribution in [1.82, 2.24) is 10.3 Å². The highest BCUT2D eigenvalue weighted by Gasteiger charge is 2.13. The lowest BCUT2D eigenvalue weighted by Gasteiger charge is -2.13. The Labute approximate surface area is 115 Å². The Morgan fingerprint density at radius 3 is 3.06 bits per heavy atom. The predicted octanol–water partition coefficient (Wildman–Crippen LogP) is 3.16. The molecule has 0 fully saturated rings. The minimum absolute atomic E-state index is 0.0660. The number of hydrogen-bond acceptors (Lipinski definition) is 3. The Morgan fingerprint density at radius 1 is 1.56 bits per heavy atom. The van der Waals surface area contributed by atoms with Crippen LogP contribution < -0.4 is 5.32 Å². The van der Waals surface area contributed by atoms with Gasteiger partial charge < -0.3 is 5.32 Å². The normalized spacial score (nSPS) is 12.1. The van der Waals surface area contributed by atoms with Crippen molar-refractivity contribution in [2.75, 3.05) is 0 Å². The minimum atomic E-state index is -0.162. The number of amides is 1. The Bertz CT molecular complexity index is 528. The van der Waals surface area contributed by atoms with Crippen LogP contribution in [0.3, 0.4) is 0 Å². The smallest absolute Gasteiger partial charge is 0.253 e.